The summed E-state index contributed by atoms with van der Waals surface area (Å²) in [6.07, 6.45) is 2.86. The van der Waals surface area contributed by atoms with Crippen LogP contribution >= 0.6 is 11.8 Å². The minimum atomic E-state index is -1.79. The van der Waals surface area contributed by atoms with E-state index >= 15 is 0 Å². The summed E-state index contributed by atoms with van der Waals surface area (Å²) in [5.41, 5.74) is 0.554. The predicted molar refractivity (Wildman–Crippen MR) is 134 cm³/mol. The number of amides is 2. The smallest absolute Gasteiger partial charge is 0.345 e. The Morgan fingerprint density at radius 3 is 2.11 bits per heavy atom. The highest BCUT2D eigenvalue weighted by Crippen LogP contribution is 2.43. The Morgan fingerprint density at radius 1 is 0.943 bits per heavy atom. The molecule has 1 saturated heterocycles. The van der Waals surface area contributed by atoms with E-state index < -0.39 is 34.8 Å². The average molecular weight is 485 g/mol. The van der Waals surface area contributed by atoms with Gasteiger partial charge in [0.15, 0.2) is 6.10 Å². The molecule has 2 atom stereocenters. The summed E-state index contributed by atoms with van der Waals surface area (Å²) in [6, 6.07) is 28.0. The van der Waals surface area contributed by atoms with Crippen LogP contribution in [0, 0.1) is 0 Å². The lowest BCUT2D eigenvalue weighted by molar-refractivity contribution is -0.176. The Morgan fingerprint density at radius 2 is 1.51 bits per heavy atom. The molecule has 3 aromatic carbocycles. The molecule has 5 rings (SSSR count). The van der Waals surface area contributed by atoms with E-state index in [1.807, 2.05) is 97.1 Å². The summed E-state index contributed by atoms with van der Waals surface area (Å²) in [6.45, 7) is 0. The van der Waals surface area contributed by atoms with Gasteiger partial charge in [-0.1, -0.05) is 97.1 Å². The second kappa shape index (κ2) is 9.80. The van der Waals surface area contributed by atoms with E-state index in [0.29, 0.717) is 5.75 Å². The van der Waals surface area contributed by atoms with E-state index in [4.69, 9.17) is 4.74 Å². The van der Waals surface area contributed by atoms with Crippen molar-refractivity contribution >= 4 is 29.5 Å². The summed E-state index contributed by atoms with van der Waals surface area (Å²) >= 11 is 1.42. The zero-order valence-corrected chi connectivity index (χ0v) is 19.7. The zero-order valence-electron chi connectivity index (χ0n) is 18.9. The third kappa shape index (κ3) is 4.35. The monoisotopic (exact) mass is 484 g/mol. The fourth-order valence-corrected chi connectivity index (χ4v) is 5.61. The van der Waals surface area contributed by atoms with Gasteiger partial charge in [0.1, 0.15) is 5.37 Å². The first-order chi connectivity index (χ1) is 17.1. The third-order valence-corrected chi connectivity index (χ3v) is 7.39. The lowest BCUT2D eigenvalue weighted by Gasteiger charge is -2.53. The van der Waals surface area contributed by atoms with Crippen LogP contribution in [0.5, 0.6) is 0 Å². The van der Waals surface area contributed by atoms with Gasteiger partial charge in [0, 0.05) is 12.0 Å². The van der Waals surface area contributed by atoms with Gasteiger partial charge < -0.3 is 15.0 Å². The first-order valence-electron chi connectivity index (χ1n) is 11.4. The fraction of sp³-hybridized carbons (Fsp3) is 0.179. The maximum absolute atomic E-state index is 13.8. The number of β-lactam (4-membered cyclic amide) rings is 1. The Hall–Kier alpha value is -3.84. The van der Waals surface area contributed by atoms with E-state index in [2.05, 4.69) is 5.32 Å². The molecule has 2 amide bonds. The summed E-state index contributed by atoms with van der Waals surface area (Å²) in [4.78, 5) is 41.7. The number of carbonyl (C=O) groups is 3. The standard InChI is InChI=1S/C28H24N2O4S/c31-23(19-20-11-4-1-5-12-20)29-28(25(32)30-17-10-18-35-26(28)30)27(33)34-24(21-13-6-2-7-14-21)22-15-8-3-9-16-22/h1-17,24,26H,18-19H2,(H,29,31)/t26-,28+/m0/s1. The summed E-state index contributed by atoms with van der Waals surface area (Å²) in [7, 11) is 0. The zero-order chi connectivity index (χ0) is 24.3. The first kappa shape index (κ1) is 22.9. The number of ether oxygens (including phenoxy) is 1. The maximum Gasteiger partial charge on any atom is 0.345 e. The summed E-state index contributed by atoms with van der Waals surface area (Å²) in [5, 5.41) is 2.21. The molecule has 0 saturated carbocycles. The normalized spacial score (nSPS) is 20.7. The number of rotatable bonds is 7. The van der Waals surface area contributed by atoms with Crippen LogP contribution in [0.25, 0.3) is 0 Å². The number of benzene rings is 3. The molecular formula is C28H24N2O4S. The van der Waals surface area contributed by atoms with Gasteiger partial charge >= 0.3 is 5.97 Å². The van der Waals surface area contributed by atoms with Gasteiger partial charge in [-0.2, -0.15) is 0 Å². The van der Waals surface area contributed by atoms with Gasteiger partial charge in [0.25, 0.3) is 5.91 Å². The van der Waals surface area contributed by atoms with Crippen molar-refractivity contribution in [2.24, 2.45) is 0 Å². The Balaban J connectivity index is 1.46. The molecule has 6 nitrogen and oxygen atoms in total. The van der Waals surface area contributed by atoms with Gasteiger partial charge in [-0.05, 0) is 16.7 Å². The highest BCUT2D eigenvalue weighted by Gasteiger charge is 2.68. The van der Waals surface area contributed by atoms with Crippen LogP contribution in [0.2, 0.25) is 0 Å². The predicted octanol–water partition coefficient (Wildman–Crippen LogP) is 3.85. The number of nitrogens with one attached hydrogen (secondary N) is 1. The Kier molecular flexibility index (Phi) is 6.42. The Bertz CT molecular complexity index is 1210. The molecule has 3 aromatic rings. The Labute approximate surface area is 208 Å². The molecule has 7 heteroatoms. The van der Waals surface area contributed by atoms with Crippen molar-refractivity contribution in [2.75, 3.05) is 5.75 Å². The largest absolute Gasteiger partial charge is 0.450 e. The van der Waals surface area contributed by atoms with Gasteiger partial charge in [-0.15, -0.1) is 11.8 Å². The number of esters is 1. The average Bonchev–Trinajstić information content (AvgIpc) is 2.91. The lowest BCUT2D eigenvalue weighted by Crippen LogP contribution is -2.82. The minimum absolute atomic E-state index is 0.0528. The van der Waals surface area contributed by atoms with Gasteiger partial charge in [0.05, 0.1) is 6.42 Å². The molecule has 0 aromatic heterocycles. The first-order valence-corrected chi connectivity index (χ1v) is 12.4. The quantitative estimate of drug-likeness (QED) is 0.313. The van der Waals surface area contributed by atoms with Crippen LogP contribution in [-0.2, 0) is 25.5 Å². The molecule has 0 unspecified atom stereocenters. The van der Waals surface area contributed by atoms with Crippen LogP contribution in [0.15, 0.2) is 103 Å². The minimum Gasteiger partial charge on any atom is -0.450 e. The van der Waals surface area contributed by atoms with Crippen LogP contribution in [-0.4, -0.2) is 39.3 Å². The van der Waals surface area contributed by atoms with Gasteiger partial charge in [-0.3, -0.25) is 9.59 Å². The molecule has 35 heavy (non-hydrogen) atoms. The van der Waals surface area contributed by atoms with Crippen molar-refractivity contribution in [1.82, 2.24) is 10.2 Å². The second-order valence-electron chi connectivity index (χ2n) is 8.41. The van der Waals surface area contributed by atoms with E-state index in [-0.39, 0.29) is 6.42 Å². The maximum atomic E-state index is 13.8. The van der Waals surface area contributed by atoms with Crippen LogP contribution in [0.4, 0.5) is 0 Å². The number of thioether (sulfide) groups is 1. The van der Waals surface area contributed by atoms with Crippen LogP contribution in [0.1, 0.15) is 22.8 Å². The van der Waals surface area contributed by atoms with Gasteiger partial charge in [0.2, 0.25) is 11.4 Å². The molecule has 2 aliphatic heterocycles. The van der Waals surface area contributed by atoms with Crippen molar-refractivity contribution in [1.29, 1.82) is 0 Å². The SMILES string of the molecule is O=C(Cc1ccccc1)N[C@]1(C(=O)OC(c2ccccc2)c2ccccc2)C(=O)N2C=CCS[C@H]21. The highest BCUT2D eigenvalue weighted by atomic mass is 32.2. The van der Waals surface area contributed by atoms with E-state index in [1.165, 1.54) is 16.7 Å². The molecule has 0 bridgehead atoms. The number of hydrogen-bond acceptors (Lipinski definition) is 5. The third-order valence-electron chi connectivity index (χ3n) is 6.11. The van der Waals surface area contributed by atoms with E-state index in [9.17, 15) is 14.4 Å². The van der Waals surface area contributed by atoms with Gasteiger partial charge in [-0.25, -0.2) is 4.79 Å². The van der Waals surface area contributed by atoms with Crippen LogP contribution in [0.3, 0.4) is 0 Å². The summed E-state index contributed by atoms with van der Waals surface area (Å²) < 4.78 is 6.06. The molecule has 176 valence electrons. The second-order valence-corrected chi connectivity index (χ2v) is 9.52. The van der Waals surface area contributed by atoms with Crippen molar-refractivity contribution in [2.45, 2.75) is 23.4 Å². The molecule has 2 aliphatic rings. The van der Waals surface area contributed by atoms with Crippen LogP contribution < -0.4 is 5.32 Å². The van der Waals surface area contributed by atoms with Crippen molar-refractivity contribution in [3.8, 4) is 0 Å². The van der Waals surface area contributed by atoms with Crippen molar-refractivity contribution < 1.29 is 19.1 Å². The van der Waals surface area contributed by atoms with E-state index in [1.54, 1.807) is 6.20 Å². The number of hydrogen-bond donors (Lipinski definition) is 1. The fourth-order valence-electron chi connectivity index (χ4n) is 4.40. The van der Waals surface area contributed by atoms with E-state index in [0.717, 1.165) is 16.7 Å². The lowest BCUT2D eigenvalue weighted by atomic mass is 9.87. The molecule has 1 fully saturated rings. The number of nitrogens with zero attached hydrogens (tertiary/aromatic N) is 1. The van der Waals surface area contributed by atoms with Crippen molar-refractivity contribution in [3.63, 3.8) is 0 Å². The summed E-state index contributed by atoms with van der Waals surface area (Å²) in [5.74, 6) is -1.03. The van der Waals surface area contributed by atoms with Crippen molar-refractivity contribution in [3.05, 3.63) is 120 Å². The highest BCUT2D eigenvalue weighted by molar-refractivity contribution is 8.00. The molecular weight excluding hydrogens is 460 g/mol. The molecule has 1 N–H and O–H groups in total. The number of fused-ring (bicyclic) bond motifs is 1. The molecule has 0 radical (unpaired) electrons. The molecule has 2 heterocycles. The molecule has 0 aliphatic carbocycles. The number of carbonyl (C=O) groups excluding carboxylic acids is 3. The molecule has 0 spiro atoms. The topological polar surface area (TPSA) is 75.7 Å².